The largest absolute Gasteiger partial charge is 0.482 e. The molecule has 14 heavy (non-hydrogen) atoms. The minimum absolute atomic E-state index is 0.239. The van der Waals surface area contributed by atoms with Gasteiger partial charge in [-0.2, -0.15) is 0 Å². The number of carboxylic acid groups (broad SMARTS) is 1. The van der Waals surface area contributed by atoms with Gasteiger partial charge in [-0.15, -0.1) is 0 Å². The van der Waals surface area contributed by atoms with Gasteiger partial charge in [0.25, 0.3) is 0 Å². The van der Waals surface area contributed by atoms with E-state index in [0.717, 1.165) is 0 Å². The van der Waals surface area contributed by atoms with Crippen molar-refractivity contribution in [1.82, 2.24) is 0 Å². The average molecular weight is 215 g/mol. The highest BCUT2D eigenvalue weighted by Gasteiger charge is 2.03. The van der Waals surface area contributed by atoms with Crippen molar-refractivity contribution in [1.29, 1.82) is 0 Å². The van der Waals surface area contributed by atoms with E-state index in [1.165, 1.54) is 18.2 Å². The van der Waals surface area contributed by atoms with E-state index in [4.69, 9.17) is 21.4 Å². The molecule has 0 bridgehead atoms. The number of halogens is 1. The zero-order chi connectivity index (χ0) is 10.6. The van der Waals surface area contributed by atoms with Crippen LogP contribution in [0.1, 0.15) is 10.4 Å². The fourth-order valence-electron chi connectivity index (χ4n) is 0.838. The van der Waals surface area contributed by atoms with Crippen LogP contribution in [0.25, 0.3) is 0 Å². The van der Waals surface area contributed by atoms with Gasteiger partial charge < -0.3 is 9.84 Å². The number of rotatable bonds is 4. The molecule has 0 aliphatic rings. The van der Waals surface area contributed by atoms with E-state index in [9.17, 15) is 9.59 Å². The summed E-state index contributed by atoms with van der Waals surface area (Å²) >= 11 is 5.69. The first kappa shape index (κ1) is 10.5. The lowest BCUT2D eigenvalue weighted by atomic mass is 10.2. The van der Waals surface area contributed by atoms with Gasteiger partial charge in [0.1, 0.15) is 5.75 Å². The summed E-state index contributed by atoms with van der Waals surface area (Å²) < 4.78 is 4.85. The second-order valence-corrected chi connectivity index (χ2v) is 2.89. The summed E-state index contributed by atoms with van der Waals surface area (Å²) in [5.74, 6) is -0.747. The zero-order valence-corrected chi connectivity index (χ0v) is 7.82. The van der Waals surface area contributed by atoms with Crippen LogP contribution in [0.2, 0.25) is 5.02 Å². The quantitative estimate of drug-likeness (QED) is 0.774. The molecule has 1 aromatic rings. The topological polar surface area (TPSA) is 63.6 Å². The fraction of sp³-hybridized carbons (Fsp3) is 0.111. The van der Waals surface area contributed by atoms with Crippen LogP contribution < -0.4 is 4.74 Å². The van der Waals surface area contributed by atoms with Crippen molar-refractivity contribution in [2.75, 3.05) is 6.61 Å². The summed E-state index contributed by atoms with van der Waals surface area (Å²) in [5.41, 5.74) is 0.342. The second kappa shape index (κ2) is 4.62. The van der Waals surface area contributed by atoms with Crippen LogP contribution >= 0.6 is 11.6 Å². The lowest BCUT2D eigenvalue weighted by Crippen LogP contribution is -2.09. The number of carboxylic acids is 1. The third-order valence-corrected chi connectivity index (χ3v) is 1.79. The third-order valence-electron chi connectivity index (χ3n) is 1.46. The van der Waals surface area contributed by atoms with Gasteiger partial charge in [0, 0.05) is 5.56 Å². The Hall–Kier alpha value is -1.55. The Balaban J connectivity index is 2.76. The van der Waals surface area contributed by atoms with Crippen LogP contribution in [0.5, 0.6) is 5.75 Å². The van der Waals surface area contributed by atoms with Gasteiger partial charge in [0.05, 0.1) is 5.02 Å². The normalized spacial score (nSPS) is 9.50. The summed E-state index contributed by atoms with van der Waals surface area (Å²) in [5, 5.41) is 8.57. The van der Waals surface area contributed by atoms with E-state index in [1.54, 1.807) is 0 Å². The van der Waals surface area contributed by atoms with Crippen molar-refractivity contribution in [2.24, 2.45) is 0 Å². The number of aldehydes is 1. The molecule has 1 N–H and O–H groups in total. The number of carbonyl (C=O) groups is 2. The van der Waals surface area contributed by atoms with E-state index in [0.29, 0.717) is 17.6 Å². The second-order valence-electron chi connectivity index (χ2n) is 2.48. The van der Waals surface area contributed by atoms with Gasteiger partial charge in [-0.05, 0) is 18.2 Å². The molecule has 5 heteroatoms. The van der Waals surface area contributed by atoms with Crippen LogP contribution in [-0.4, -0.2) is 24.0 Å². The van der Waals surface area contributed by atoms with Gasteiger partial charge >= 0.3 is 5.97 Å². The molecule has 0 unspecified atom stereocenters. The molecule has 0 heterocycles. The Morgan fingerprint density at radius 3 is 2.79 bits per heavy atom. The van der Waals surface area contributed by atoms with Crippen molar-refractivity contribution in [3.05, 3.63) is 28.8 Å². The fourth-order valence-corrected chi connectivity index (χ4v) is 1.05. The number of benzene rings is 1. The number of carbonyl (C=O) groups excluding carboxylic acids is 1. The summed E-state index contributed by atoms with van der Waals surface area (Å²) in [7, 11) is 0. The molecule has 4 nitrogen and oxygen atoms in total. The van der Waals surface area contributed by atoms with Crippen molar-refractivity contribution in [3.63, 3.8) is 0 Å². The maximum absolute atomic E-state index is 10.4. The number of hydrogen-bond acceptors (Lipinski definition) is 3. The average Bonchev–Trinajstić information content (AvgIpc) is 2.15. The van der Waals surface area contributed by atoms with Gasteiger partial charge in [-0.25, -0.2) is 4.79 Å². The summed E-state index contributed by atoms with van der Waals surface area (Å²) in [6.07, 6.45) is 0.614. The standard InChI is InChI=1S/C9H7ClO4/c10-8-3-7(14-5-9(12)13)2-1-6(8)4-11/h1-4H,5H2,(H,12,13). The van der Waals surface area contributed by atoms with Crippen molar-refractivity contribution in [2.45, 2.75) is 0 Å². The highest BCUT2D eigenvalue weighted by atomic mass is 35.5. The van der Waals surface area contributed by atoms with Crippen LogP contribution in [0.4, 0.5) is 0 Å². The van der Waals surface area contributed by atoms with E-state index in [2.05, 4.69) is 0 Å². The molecular weight excluding hydrogens is 208 g/mol. The van der Waals surface area contributed by atoms with Crippen LogP contribution in [0.15, 0.2) is 18.2 Å². The molecule has 0 saturated heterocycles. The first-order valence-corrected chi connectivity index (χ1v) is 4.10. The van der Waals surface area contributed by atoms with E-state index in [1.807, 2.05) is 0 Å². The molecule has 0 aliphatic heterocycles. The summed E-state index contributed by atoms with van der Waals surface area (Å²) in [6.45, 7) is -0.434. The SMILES string of the molecule is O=Cc1ccc(OCC(=O)O)cc1Cl. The highest BCUT2D eigenvalue weighted by Crippen LogP contribution is 2.21. The molecule has 0 saturated carbocycles. The smallest absolute Gasteiger partial charge is 0.341 e. The molecule has 0 aromatic heterocycles. The summed E-state index contributed by atoms with van der Waals surface area (Å²) in [6, 6.07) is 4.35. The minimum Gasteiger partial charge on any atom is -0.482 e. The van der Waals surface area contributed by atoms with Crippen molar-refractivity contribution < 1.29 is 19.4 Å². The first-order chi connectivity index (χ1) is 6.63. The molecule has 1 rings (SSSR count). The Kier molecular flexibility index (Phi) is 3.48. The lowest BCUT2D eigenvalue weighted by molar-refractivity contribution is -0.139. The van der Waals surface area contributed by atoms with E-state index in [-0.39, 0.29) is 5.02 Å². The molecule has 0 atom stereocenters. The Morgan fingerprint density at radius 1 is 1.57 bits per heavy atom. The molecule has 74 valence electrons. The predicted octanol–water partition coefficient (Wildman–Crippen LogP) is 1.62. The maximum Gasteiger partial charge on any atom is 0.341 e. The third kappa shape index (κ3) is 2.74. The van der Waals surface area contributed by atoms with E-state index < -0.39 is 12.6 Å². The molecule has 0 fully saturated rings. The monoisotopic (exact) mass is 214 g/mol. The lowest BCUT2D eigenvalue weighted by Gasteiger charge is -2.03. The molecule has 0 amide bonds. The number of aliphatic carboxylic acids is 1. The summed E-state index contributed by atoms with van der Waals surface area (Å²) in [4.78, 5) is 20.6. The minimum atomic E-state index is -1.07. The molecule has 0 spiro atoms. The van der Waals surface area contributed by atoms with Gasteiger partial charge in [0.2, 0.25) is 0 Å². The van der Waals surface area contributed by atoms with Gasteiger partial charge in [-0.1, -0.05) is 11.6 Å². The Bertz CT molecular complexity index is 362. The van der Waals surface area contributed by atoms with Crippen LogP contribution in [0, 0.1) is 0 Å². The number of ether oxygens (including phenoxy) is 1. The predicted molar refractivity (Wildman–Crippen MR) is 50.0 cm³/mol. The molecule has 0 radical (unpaired) electrons. The maximum atomic E-state index is 10.4. The van der Waals surface area contributed by atoms with Crippen molar-refractivity contribution >= 4 is 23.9 Å². The van der Waals surface area contributed by atoms with Gasteiger partial charge in [0.15, 0.2) is 12.9 Å². The number of hydrogen-bond donors (Lipinski definition) is 1. The molecule has 1 aromatic carbocycles. The Morgan fingerprint density at radius 2 is 2.29 bits per heavy atom. The highest BCUT2D eigenvalue weighted by molar-refractivity contribution is 6.33. The van der Waals surface area contributed by atoms with Crippen LogP contribution in [-0.2, 0) is 4.79 Å². The van der Waals surface area contributed by atoms with Gasteiger partial charge in [-0.3, -0.25) is 4.79 Å². The molecular formula is C9H7ClO4. The first-order valence-electron chi connectivity index (χ1n) is 3.73. The van der Waals surface area contributed by atoms with Crippen LogP contribution in [0.3, 0.4) is 0 Å². The molecule has 0 aliphatic carbocycles. The van der Waals surface area contributed by atoms with E-state index >= 15 is 0 Å². The zero-order valence-electron chi connectivity index (χ0n) is 7.07. The van der Waals surface area contributed by atoms with Crippen molar-refractivity contribution in [3.8, 4) is 5.75 Å². The Labute approximate surface area is 85.1 Å².